The Balaban J connectivity index is 1.89. The molecule has 0 aliphatic carbocycles. The molecule has 1 aliphatic rings. The van der Waals surface area contributed by atoms with Gasteiger partial charge in [-0.05, 0) is 38.5 Å². The summed E-state index contributed by atoms with van der Waals surface area (Å²) in [4.78, 5) is 34.9. The predicted octanol–water partition coefficient (Wildman–Crippen LogP) is 1.22. The first-order valence-corrected chi connectivity index (χ1v) is 7.69. The van der Waals surface area contributed by atoms with Crippen LogP contribution in [0.3, 0.4) is 0 Å². The molecule has 0 saturated carbocycles. The number of benzene rings is 1. The summed E-state index contributed by atoms with van der Waals surface area (Å²) < 4.78 is 0. The highest BCUT2D eigenvalue weighted by atomic mass is 16.2. The van der Waals surface area contributed by atoms with Crippen LogP contribution in [0.5, 0.6) is 0 Å². The van der Waals surface area contributed by atoms with Gasteiger partial charge in [-0.2, -0.15) is 0 Å². The van der Waals surface area contributed by atoms with Gasteiger partial charge in [0.25, 0.3) is 5.91 Å². The molecule has 1 saturated heterocycles. The summed E-state index contributed by atoms with van der Waals surface area (Å²) in [5, 5.41) is 11.0. The van der Waals surface area contributed by atoms with Gasteiger partial charge in [0, 0.05) is 36.3 Å². The number of hydrogen-bond donors (Lipinski definition) is 4. The van der Waals surface area contributed by atoms with Crippen LogP contribution in [-0.4, -0.2) is 36.5 Å². The third-order valence-corrected chi connectivity index (χ3v) is 3.40. The van der Waals surface area contributed by atoms with Crippen molar-refractivity contribution >= 4 is 23.5 Å². The number of carbonyl (C=O) groups is 3. The van der Waals surface area contributed by atoms with E-state index in [1.807, 2.05) is 13.8 Å². The number of amides is 4. The molecule has 7 heteroatoms. The lowest BCUT2D eigenvalue weighted by Gasteiger charge is -2.13. The van der Waals surface area contributed by atoms with E-state index in [1.165, 1.54) is 0 Å². The molecule has 0 radical (unpaired) electrons. The first-order chi connectivity index (χ1) is 10.9. The largest absolute Gasteiger partial charge is 0.352 e. The minimum absolute atomic E-state index is 0.00965. The molecule has 4 N–H and O–H groups in total. The average molecular weight is 318 g/mol. The molecule has 4 amide bonds. The predicted molar refractivity (Wildman–Crippen MR) is 87.2 cm³/mol. The number of carbonyl (C=O) groups excluding carboxylic acids is 3. The Kier molecular flexibility index (Phi) is 5.56. The summed E-state index contributed by atoms with van der Waals surface area (Å²) >= 11 is 0. The van der Waals surface area contributed by atoms with Gasteiger partial charge in [0.05, 0.1) is 0 Å². The third kappa shape index (κ3) is 5.28. The summed E-state index contributed by atoms with van der Waals surface area (Å²) in [6, 6.07) is 6.42. The van der Waals surface area contributed by atoms with Gasteiger partial charge in [0.15, 0.2) is 0 Å². The van der Waals surface area contributed by atoms with Crippen LogP contribution in [-0.2, 0) is 4.79 Å². The molecule has 0 aromatic heterocycles. The Hall–Kier alpha value is -2.57. The van der Waals surface area contributed by atoms with Crippen molar-refractivity contribution in [2.45, 2.75) is 38.8 Å². The van der Waals surface area contributed by atoms with Crippen LogP contribution in [0.25, 0.3) is 0 Å². The molecular weight excluding hydrogens is 296 g/mol. The minimum Gasteiger partial charge on any atom is -0.352 e. The third-order valence-electron chi connectivity index (χ3n) is 3.40. The summed E-state index contributed by atoms with van der Waals surface area (Å²) in [7, 11) is 0. The molecule has 1 fully saturated rings. The van der Waals surface area contributed by atoms with Crippen LogP contribution >= 0.6 is 0 Å². The molecular formula is C16H22N4O3. The van der Waals surface area contributed by atoms with E-state index in [1.54, 1.807) is 24.3 Å². The highest BCUT2D eigenvalue weighted by Crippen LogP contribution is 2.11. The molecule has 0 spiro atoms. The molecule has 0 bridgehead atoms. The molecule has 1 aliphatic heterocycles. The van der Waals surface area contributed by atoms with E-state index in [9.17, 15) is 14.4 Å². The zero-order chi connectivity index (χ0) is 16.8. The van der Waals surface area contributed by atoms with E-state index in [-0.39, 0.29) is 29.9 Å². The van der Waals surface area contributed by atoms with Crippen LogP contribution in [0.15, 0.2) is 24.3 Å². The SMILES string of the molecule is CC(C)NC(=O)Nc1cccc(C(=O)NCC2CCC(=O)N2)c1. The van der Waals surface area contributed by atoms with Crippen molar-refractivity contribution in [1.82, 2.24) is 16.0 Å². The van der Waals surface area contributed by atoms with E-state index in [2.05, 4.69) is 21.3 Å². The molecule has 1 unspecified atom stereocenters. The second kappa shape index (κ2) is 7.62. The maximum atomic E-state index is 12.1. The van der Waals surface area contributed by atoms with Gasteiger partial charge in [0.1, 0.15) is 0 Å². The lowest BCUT2D eigenvalue weighted by Crippen LogP contribution is -2.38. The van der Waals surface area contributed by atoms with E-state index in [0.717, 1.165) is 6.42 Å². The zero-order valence-electron chi connectivity index (χ0n) is 13.3. The van der Waals surface area contributed by atoms with E-state index >= 15 is 0 Å². The molecule has 2 rings (SSSR count). The maximum Gasteiger partial charge on any atom is 0.319 e. The van der Waals surface area contributed by atoms with Crippen LogP contribution in [0, 0.1) is 0 Å². The Morgan fingerprint density at radius 1 is 1.35 bits per heavy atom. The number of anilines is 1. The monoisotopic (exact) mass is 318 g/mol. The van der Waals surface area contributed by atoms with Crippen molar-refractivity contribution in [1.29, 1.82) is 0 Å². The van der Waals surface area contributed by atoms with Crippen molar-refractivity contribution in [3.05, 3.63) is 29.8 Å². The lowest BCUT2D eigenvalue weighted by atomic mass is 10.1. The highest BCUT2D eigenvalue weighted by Gasteiger charge is 2.21. The standard InChI is InChI=1S/C16H22N4O3/c1-10(2)18-16(23)20-12-5-3-4-11(8-12)15(22)17-9-13-6-7-14(21)19-13/h3-5,8,10,13H,6-7,9H2,1-2H3,(H,17,22)(H,19,21)(H2,18,20,23). The molecule has 1 aromatic rings. The Morgan fingerprint density at radius 2 is 2.13 bits per heavy atom. The zero-order valence-corrected chi connectivity index (χ0v) is 13.3. The fourth-order valence-corrected chi connectivity index (χ4v) is 2.32. The van der Waals surface area contributed by atoms with Gasteiger partial charge in [-0.1, -0.05) is 6.07 Å². The van der Waals surface area contributed by atoms with Crippen LogP contribution in [0.2, 0.25) is 0 Å². The number of hydrogen-bond acceptors (Lipinski definition) is 3. The normalized spacial score (nSPS) is 16.8. The molecule has 23 heavy (non-hydrogen) atoms. The summed E-state index contributed by atoms with van der Waals surface area (Å²) in [6.45, 7) is 4.13. The van der Waals surface area contributed by atoms with Crippen molar-refractivity contribution in [2.24, 2.45) is 0 Å². The highest BCUT2D eigenvalue weighted by molar-refractivity contribution is 5.97. The van der Waals surface area contributed by atoms with Crippen LogP contribution in [0.1, 0.15) is 37.0 Å². The Labute approximate surface area is 135 Å². The first-order valence-electron chi connectivity index (χ1n) is 7.69. The summed E-state index contributed by atoms with van der Waals surface area (Å²) in [6.07, 6.45) is 1.24. The smallest absolute Gasteiger partial charge is 0.319 e. The summed E-state index contributed by atoms with van der Waals surface area (Å²) in [5.74, 6) is -0.217. The molecule has 1 aromatic carbocycles. The van der Waals surface area contributed by atoms with Gasteiger partial charge in [-0.25, -0.2) is 4.79 Å². The van der Waals surface area contributed by atoms with Gasteiger partial charge >= 0.3 is 6.03 Å². The van der Waals surface area contributed by atoms with Gasteiger partial charge in [0.2, 0.25) is 5.91 Å². The lowest BCUT2D eigenvalue weighted by molar-refractivity contribution is -0.119. The van der Waals surface area contributed by atoms with Gasteiger partial charge < -0.3 is 21.3 Å². The molecule has 1 heterocycles. The number of rotatable bonds is 5. The molecule has 124 valence electrons. The maximum absolute atomic E-state index is 12.1. The van der Waals surface area contributed by atoms with Crippen molar-refractivity contribution in [3.8, 4) is 0 Å². The van der Waals surface area contributed by atoms with Crippen LogP contribution < -0.4 is 21.3 Å². The fourth-order valence-electron chi connectivity index (χ4n) is 2.32. The summed E-state index contributed by atoms with van der Waals surface area (Å²) in [5.41, 5.74) is 1.00. The molecule has 7 nitrogen and oxygen atoms in total. The van der Waals surface area contributed by atoms with Crippen molar-refractivity contribution in [2.75, 3.05) is 11.9 Å². The van der Waals surface area contributed by atoms with Crippen molar-refractivity contribution in [3.63, 3.8) is 0 Å². The Morgan fingerprint density at radius 3 is 2.78 bits per heavy atom. The molecule has 1 atom stereocenters. The van der Waals surface area contributed by atoms with E-state index in [4.69, 9.17) is 0 Å². The average Bonchev–Trinajstić information content (AvgIpc) is 2.89. The van der Waals surface area contributed by atoms with E-state index in [0.29, 0.717) is 24.2 Å². The topological polar surface area (TPSA) is 99.3 Å². The second-order valence-corrected chi connectivity index (χ2v) is 5.85. The van der Waals surface area contributed by atoms with E-state index < -0.39 is 0 Å². The second-order valence-electron chi connectivity index (χ2n) is 5.85. The number of nitrogens with one attached hydrogen (secondary N) is 4. The van der Waals surface area contributed by atoms with Gasteiger partial charge in [-0.3, -0.25) is 9.59 Å². The van der Waals surface area contributed by atoms with Crippen LogP contribution in [0.4, 0.5) is 10.5 Å². The van der Waals surface area contributed by atoms with Gasteiger partial charge in [-0.15, -0.1) is 0 Å². The fraction of sp³-hybridized carbons (Fsp3) is 0.438. The number of urea groups is 1. The first kappa shape index (κ1) is 16.8. The quantitative estimate of drug-likeness (QED) is 0.657. The van der Waals surface area contributed by atoms with Crippen molar-refractivity contribution < 1.29 is 14.4 Å². The Bertz CT molecular complexity index is 601. The minimum atomic E-state index is -0.314.